The SMILES string of the molecule is COc1cc(N)cc(C(=O)Nc2ccc(F)cc2I)c1. The zero-order chi connectivity index (χ0) is 14.7. The minimum Gasteiger partial charge on any atom is -0.497 e. The Kier molecular flexibility index (Phi) is 4.43. The first kappa shape index (κ1) is 14.6. The normalized spacial score (nSPS) is 10.2. The van der Waals surface area contributed by atoms with Crippen molar-refractivity contribution in [2.24, 2.45) is 0 Å². The monoisotopic (exact) mass is 386 g/mol. The van der Waals surface area contributed by atoms with E-state index < -0.39 is 0 Å². The summed E-state index contributed by atoms with van der Waals surface area (Å²) in [6.45, 7) is 0. The molecule has 0 saturated carbocycles. The Balaban J connectivity index is 2.26. The Morgan fingerprint density at radius 1 is 1.30 bits per heavy atom. The van der Waals surface area contributed by atoms with Crippen LogP contribution in [0.3, 0.4) is 0 Å². The molecule has 20 heavy (non-hydrogen) atoms. The van der Waals surface area contributed by atoms with Gasteiger partial charge in [0.1, 0.15) is 11.6 Å². The van der Waals surface area contributed by atoms with Gasteiger partial charge in [-0.1, -0.05) is 0 Å². The first-order chi connectivity index (χ1) is 9.49. The van der Waals surface area contributed by atoms with Crippen molar-refractivity contribution in [3.05, 3.63) is 51.3 Å². The van der Waals surface area contributed by atoms with Crippen LogP contribution < -0.4 is 15.8 Å². The molecular formula is C14H12FIN2O2. The second kappa shape index (κ2) is 6.08. The fourth-order valence-electron chi connectivity index (χ4n) is 1.66. The summed E-state index contributed by atoms with van der Waals surface area (Å²) in [7, 11) is 1.50. The number of halogens is 2. The lowest BCUT2D eigenvalue weighted by atomic mass is 10.1. The molecule has 0 saturated heterocycles. The molecule has 0 aliphatic rings. The predicted molar refractivity (Wildman–Crippen MR) is 84.5 cm³/mol. The van der Waals surface area contributed by atoms with Crippen LogP contribution in [0.25, 0.3) is 0 Å². The van der Waals surface area contributed by atoms with Gasteiger partial charge in [-0.2, -0.15) is 0 Å². The fraction of sp³-hybridized carbons (Fsp3) is 0.0714. The minimum atomic E-state index is -0.349. The summed E-state index contributed by atoms with van der Waals surface area (Å²) >= 11 is 1.96. The number of amides is 1. The van der Waals surface area contributed by atoms with Gasteiger partial charge in [0.05, 0.1) is 12.8 Å². The maximum Gasteiger partial charge on any atom is 0.255 e. The summed E-state index contributed by atoms with van der Waals surface area (Å²) in [6.07, 6.45) is 0. The number of hydrogen-bond acceptors (Lipinski definition) is 3. The van der Waals surface area contributed by atoms with Gasteiger partial charge in [0.2, 0.25) is 0 Å². The molecule has 2 aromatic rings. The highest BCUT2D eigenvalue weighted by Gasteiger charge is 2.11. The predicted octanol–water partition coefficient (Wildman–Crippen LogP) is 3.27. The fourth-order valence-corrected chi connectivity index (χ4v) is 2.27. The van der Waals surface area contributed by atoms with Gasteiger partial charge in [-0.3, -0.25) is 4.79 Å². The third kappa shape index (κ3) is 3.38. The summed E-state index contributed by atoms with van der Waals surface area (Å²) in [5.41, 5.74) is 7.06. The lowest BCUT2D eigenvalue weighted by Gasteiger charge is -2.09. The van der Waals surface area contributed by atoms with Crippen molar-refractivity contribution in [2.45, 2.75) is 0 Å². The van der Waals surface area contributed by atoms with Crippen LogP contribution in [0.2, 0.25) is 0 Å². The Labute approximate surface area is 129 Å². The van der Waals surface area contributed by atoms with E-state index in [0.29, 0.717) is 26.3 Å². The molecule has 4 nitrogen and oxygen atoms in total. The smallest absolute Gasteiger partial charge is 0.255 e. The molecule has 0 aliphatic heterocycles. The molecule has 0 radical (unpaired) electrons. The van der Waals surface area contributed by atoms with Gasteiger partial charge in [-0.05, 0) is 52.9 Å². The number of rotatable bonds is 3. The maximum atomic E-state index is 13.0. The van der Waals surface area contributed by atoms with Gasteiger partial charge in [-0.15, -0.1) is 0 Å². The van der Waals surface area contributed by atoms with Crippen molar-refractivity contribution in [3.63, 3.8) is 0 Å². The van der Waals surface area contributed by atoms with Crippen LogP contribution in [0, 0.1) is 9.39 Å². The number of nitrogens with one attached hydrogen (secondary N) is 1. The second-order valence-electron chi connectivity index (χ2n) is 4.07. The quantitative estimate of drug-likeness (QED) is 0.629. The summed E-state index contributed by atoms with van der Waals surface area (Å²) in [5.74, 6) is -0.179. The van der Waals surface area contributed by atoms with E-state index in [9.17, 15) is 9.18 Å². The zero-order valence-corrected chi connectivity index (χ0v) is 12.8. The number of benzene rings is 2. The largest absolute Gasteiger partial charge is 0.497 e. The number of carbonyl (C=O) groups is 1. The van der Waals surface area contributed by atoms with Crippen LogP contribution in [0.4, 0.5) is 15.8 Å². The van der Waals surface area contributed by atoms with E-state index in [-0.39, 0.29) is 11.7 Å². The summed E-state index contributed by atoms with van der Waals surface area (Å²) in [6, 6.07) is 8.90. The molecule has 6 heteroatoms. The van der Waals surface area contributed by atoms with Gasteiger partial charge < -0.3 is 15.8 Å². The molecule has 3 N–H and O–H groups in total. The first-order valence-electron chi connectivity index (χ1n) is 5.70. The van der Waals surface area contributed by atoms with Crippen LogP contribution >= 0.6 is 22.6 Å². The molecule has 2 aromatic carbocycles. The van der Waals surface area contributed by atoms with E-state index in [1.165, 1.54) is 25.3 Å². The number of carbonyl (C=O) groups excluding carboxylic acids is 1. The average molecular weight is 386 g/mol. The summed E-state index contributed by atoms with van der Waals surface area (Å²) < 4.78 is 18.7. The van der Waals surface area contributed by atoms with Gasteiger partial charge >= 0.3 is 0 Å². The van der Waals surface area contributed by atoms with Crippen molar-refractivity contribution in [1.29, 1.82) is 0 Å². The minimum absolute atomic E-state index is 0.333. The molecule has 1 amide bonds. The molecule has 0 fully saturated rings. The number of ether oxygens (including phenoxy) is 1. The summed E-state index contributed by atoms with van der Waals surface area (Å²) in [4.78, 5) is 12.2. The molecule has 0 atom stereocenters. The maximum absolute atomic E-state index is 13.0. The van der Waals surface area contributed by atoms with Crippen LogP contribution in [-0.4, -0.2) is 13.0 Å². The van der Waals surface area contributed by atoms with Crippen LogP contribution in [0.5, 0.6) is 5.75 Å². The summed E-state index contributed by atoms with van der Waals surface area (Å²) in [5, 5.41) is 2.71. The molecule has 0 spiro atoms. The van der Waals surface area contributed by atoms with Crippen LogP contribution in [0.15, 0.2) is 36.4 Å². The van der Waals surface area contributed by atoms with Gasteiger partial charge in [0.15, 0.2) is 0 Å². The van der Waals surface area contributed by atoms with E-state index in [1.807, 2.05) is 22.6 Å². The van der Waals surface area contributed by atoms with Crippen molar-refractivity contribution in [2.75, 3.05) is 18.2 Å². The zero-order valence-electron chi connectivity index (χ0n) is 10.6. The molecule has 104 valence electrons. The lowest BCUT2D eigenvalue weighted by Crippen LogP contribution is -2.13. The topological polar surface area (TPSA) is 64.3 Å². The Morgan fingerprint density at radius 2 is 2.05 bits per heavy atom. The van der Waals surface area contributed by atoms with Crippen LogP contribution in [-0.2, 0) is 0 Å². The number of methoxy groups -OCH3 is 1. The lowest BCUT2D eigenvalue weighted by molar-refractivity contribution is 0.102. The van der Waals surface area contributed by atoms with Crippen molar-refractivity contribution in [3.8, 4) is 5.75 Å². The molecule has 0 heterocycles. The van der Waals surface area contributed by atoms with Crippen molar-refractivity contribution < 1.29 is 13.9 Å². The molecule has 0 bridgehead atoms. The van der Waals surface area contributed by atoms with E-state index in [4.69, 9.17) is 10.5 Å². The number of nitrogens with two attached hydrogens (primary N) is 1. The molecule has 0 aliphatic carbocycles. The standard InChI is InChI=1S/C14H12FIN2O2/c1-20-11-5-8(4-10(17)7-11)14(19)18-13-3-2-9(15)6-12(13)16/h2-7H,17H2,1H3,(H,18,19). The number of anilines is 2. The second-order valence-corrected chi connectivity index (χ2v) is 5.24. The van der Waals surface area contributed by atoms with Gasteiger partial charge in [-0.25, -0.2) is 4.39 Å². The number of hydrogen-bond donors (Lipinski definition) is 2. The Hall–Kier alpha value is -1.83. The Morgan fingerprint density at radius 3 is 2.70 bits per heavy atom. The highest BCUT2D eigenvalue weighted by molar-refractivity contribution is 14.1. The van der Waals surface area contributed by atoms with Gasteiger partial charge in [0, 0.05) is 20.9 Å². The van der Waals surface area contributed by atoms with E-state index in [0.717, 1.165) is 0 Å². The third-order valence-electron chi connectivity index (χ3n) is 2.61. The molecular weight excluding hydrogens is 374 g/mol. The van der Waals surface area contributed by atoms with Gasteiger partial charge in [0.25, 0.3) is 5.91 Å². The van der Waals surface area contributed by atoms with E-state index >= 15 is 0 Å². The van der Waals surface area contributed by atoms with E-state index in [2.05, 4.69) is 5.32 Å². The highest BCUT2D eigenvalue weighted by atomic mass is 127. The molecule has 0 aromatic heterocycles. The molecule has 0 unspecified atom stereocenters. The first-order valence-corrected chi connectivity index (χ1v) is 6.78. The Bertz CT molecular complexity index is 662. The highest BCUT2D eigenvalue weighted by Crippen LogP contribution is 2.22. The van der Waals surface area contributed by atoms with E-state index in [1.54, 1.807) is 18.2 Å². The van der Waals surface area contributed by atoms with Crippen LogP contribution in [0.1, 0.15) is 10.4 Å². The van der Waals surface area contributed by atoms with Crippen molar-refractivity contribution >= 4 is 39.9 Å². The number of nitrogen functional groups attached to an aromatic ring is 1. The van der Waals surface area contributed by atoms with Crippen molar-refractivity contribution in [1.82, 2.24) is 0 Å². The third-order valence-corrected chi connectivity index (χ3v) is 3.50. The molecule has 2 rings (SSSR count). The average Bonchev–Trinajstić information content (AvgIpc) is 2.41.